The zero-order valence-corrected chi connectivity index (χ0v) is 17.4. The molecule has 0 aliphatic carbocycles. The number of methoxy groups -OCH3 is 1. The molecule has 0 spiro atoms. The maximum absolute atomic E-state index is 13.5. The highest BCUT2D eigenvalue weighted by Gasteiger charge is 2.39. The van der Waals surface area contributed by atoms with Crippen LogP contribution < -0.4 is 13.9 Å². The van der Waals surface area contributed by atoms with Crippen molar-refractivity contribution in [2.75, 3.05) is 36.1 Å². The Morgan fingerprint density at radius 1 is 1.07 bits per heavy atom. The largest absolute Gasteiger partial charge is 0.497 e. The van der Waals surface area contributed by atoms with Gasteiger partial charge in [0.15, 0.2) is 11.6 Å². The van der Waals surface area contributed by atoms with Crippen LogP contribution in [-0.2, 0) is 14.8 Å². The summed E-state index contributed by atoms with van der Waals surface area (Å²) in [5, 5.41) is 0. The molecule has 2 aliphatic heterocycles. The predicted octanol–water partition coefficient (Wildman–Crippen LogP) is 2.79. The predicted molar refractivity (Wildman–Crippen MR) is 113 cm³/mol. The molecule has 0 amide bonds. The maximum Gasteiger partial charge on any atom is 0.267 e. The van der Waals surface area contributed by atoms with E-state index >= 15 is 0 Å². The molecule has 0 unspecified atom stereocenters. The summed E-state index contributed by atoms with van der Waals surface area (Å²) >= 11 is 0. The highest BCUT2D eigenvalue weighted by molar-refractivity contribution is 7.92. The Morgan fingerprint density at radius 2 is 1.77 bits per heavy atom. The van der Waals surface area contributed by atoms with Gasteiger partial charge in [-0.1, -0.05) is 12.1 Å². The lowest BCUT2D eigenvalue weighted by molar-refractivity contribution is 0.116. The van der Waals surface area contributed by atoms with Crippen LogP contribution in [0.1, 0.15) is 12.8 Å². The van der Waals surface area contributed by atoms with Crippen LogP contribution >= 0.6 is 0 Å². The molecule has 5 rings (SSSR count). The van der Waals surface area contributed by atoms with Gasteiger partial charge < -0.3 is 14.4 Å². The first-order valence-electron chi connectivity index (χ1n) is 9.86. The number of benzene rings is 2. The van der Waals surface area contributed by atoms with Crippen LogP contribution in [-0.4, -0.2) is 51.4 Å². The average molecular weight is 426 g/mol. The normalized spacial score (nSPS) is 18.8. The molecule has 0 bridgehead atoms. The fraction of sp³-hybridized carbons (Fsp3) is 0.333. The first-order chi connectivity index (χ1) is 14.6. The Bertz CT molecular complexity index is 1180. The van der Waals surface area contributed by atoms with Crippen molar-refractivity contribution in [3.63, 3.8) is 0 Å². The summed E-state index contributed by atoms with van der Waals surface area (Å²) in [6, 6.07) is 13.9. The average Bonchev–Trinajstić information content (AvgIpc) is 3.41. The van der Waals surface area contributed by atoms with Crippen LogP contribution in [0.25, 0.3) is 11.0 Å². The van der Waals surface area contributed by atoms with Gasteiger partial charge in [0.1, 0.15) is 12.4 Å². The van der Waals surface area contributed by atoms with Gasteiger partial charge >= 0.3 is 0 Å². The van der Waals surface area contributed by atoms with Crippen LogP contribution in [0, 0.1) is 0 Å². The number of sulfonamides is 1. The molecule has 2 aromatic carbocycles. The van der Waals surface area contributed by atoms with E-state index in [1.54, 1.807) is 31.4 Å². The number of hydrogen-bond donors (Lipinski definition) is 0. The van der Waals surface area contributed by atoms with Gasteiger partial charge in [-0.2, -0.15) is 0 Å². The molecule has 1 saturated heterocycles. The van der Waals surface area contributed by atoms with Crippen molar-refractivity contribution in [2.24, 2.45) is 0 Å². The van der Waals surface area contributed by atoms with Gasteiger partial charge in [-0.05, 0) is 49.2 Å². The second kappa shape index (κ2) is 7.41. The molecule has 30 heavy (non-hydrogen) atoms. The molecular formula is C21H22N4O4S. The molecule has 0 saturated carbocycles. The Balaban J connectivity index is 1.57. The van der Waals surface area contributed by atoms with Crippen LogP contribution in [0.5, 0.6) is 5.75 Å². The second-order valence-corrected chi connectivity index (χ2v) is 9.25. The van der Waals surface area contributed by atoms with Crippen molar-refractivity contribution >= 4 is 32.7 Å². The highest BCUT2D eigenvalue weighted by atomic mass is 32.2. The van der Waals surface area contributed by atoms with Crippen molar-refractivity contribution in [3.8, 4) is 5.75 Å². The summed E-state index contributed by atoms with van der Waals surface area (Å²) in [4.78, 5) is 11.5. The van der Waals surface area contributed by atoms with E-state index in [4.69, 9.17) is 14.5 Å². The Morgan fingerprint density at radius 3 is 2.40 bits per heavy atom. The molecule has 156 valence electrons. The molecule has 1 atom stereocenters. The van der Waals surface area contributed by atoms with Crippen molar-refractivity contribution in [1.29, 1.82) is 0 Å². The minimum Gasteiger partial charge on any atom is -0.497 e. The third kappa shape index (κ3) is 3.23. The third-order valence-corrected chi connectivity index (χ3v) is 7.20. The highest BCUT2D eigenvalue weighted by Crippen LogP contribution is 2.38. The summed E-state index contributed by atoms with van der Waals surface area (Å²) in [5.41, 5.74) is 1.39. The molecule has 9 heteroatoms. The maximum atomic E-state index is 13.5. The summed E-state index contributed by atoms with van der Waals surface area (Å²) in [5.74, 6) is 1.52. The van der Waals surface area contributed by atoms with Crippen molar-refractivity contribution in [3.05, 3.63) is 48.5 Å². The van der Waals surface area contributed by atoms with Gasteiger partial charge in [0.05, 0.1) is 29.1 Å². The lowest BCUT2D eigenvalue weighted by atomic mass is 10.2. The van der Waals surface area contributed by atoms with Gasteiger partial charge in [-0.3, -0.25) is 0 Å². The SMILES string of the molecule is COc1ccc(S(=O)(=O)N2CN(C[C@@H]3CCCO3)c3nc4ccccc4nc32)cc1. The van der Waals surface area contributed by atoms with Crippen LogP contribution in [0.15, 0.2) is 53.4 Å². The van der Waals surface area contributed by atoms with Gasteiger partial charge in [0.2, 0.25) is 0 Å². The van der Waals surface area contributed by atoms with Crippen LogP contribution in [0.4, 0.5) is 11.6 Å². The standard InChI is InChI=1S/C21H22N4O4S/c1-28-15-8-10-17(11-9-15)30(26,27)25-14-24(13-16-5-4-12-29-16)20-21(25)23-19-7-3-2-6-18(19)22-20/h2-3,6-11,16H,4-5,12-14H2,1H3/t16-/m0/s1. The number of para-hydroxylation sites is 2. The van der Waals surface area contributed by atoms with Gasteiger partial charge in [0.25, 0.3) is 10.0 Å². The Labute approximate surface area is 175 Å². The fourth-order valence-corrected chi connectivity index (χ4v) is 5.27. The minimum absolute atomic E-state index is 0.0646. The van der Waals surface area contributed by atoms with E-state index in [-0.39, 0.29) is 17.7 Å². The fourth-order valence-electron chi connectivity index (χ4n) is 3.89. The molecule has 0 radical (unpaired) electrons. The second-order valence-electron chi connectivity index (χ2n) is 7.39. The van der Waals surface area contributed by atoms with Crippen LogP contribution in [0.2, 0.25) is 0 Å². The summed E-state index contributed by atoms with van der Waals surface area (Å²) in [6.45, 7) is 1.47. The zero-order chi connectivity index (χ0) is 20.7. The van der Waals surface area contributed by atoms with E-state index in [0.29, 0.717) is 29.4 Å². The molecule has 0 N–H and O–H groups in total. The first kappa shape index (κ1) is 19.1. The van der Waals surface area contributed by atoms with Crippen LogP contribution in [0.3, 0.4) is 0 Å². The minimum atomic E-state index is -3.82. The molecule has 8 nitrogen and oxygen atoms in total. The smallest absolute Gasteiger partial charge is 0.267 e. The van der Waals surface area contributed by atoms with Gasteiger partial charge in [-0.15, -0.1) is 0 Å². The molecule has 1 fully saturated rings. The number of anilines is 2. The number of nitrogens with zero attached hydrogens (tertiary/aromatic N) is 4. The number of ether oxygens (including phenoxy) is 2. The lowest BCUT2D eigenvalue weighted by Gasteiger charge is -2.23. The first-order valence-corrected chi connectivity index (χ1v) is 11.3. The zero-order valence-electron chi connectivity index (χ0n) is 16.6. The third-order valence-electron chi connectivity index (χ3n) is 5.46. The molecular weight excluding hydrogens is 404 g/mol. The number of rotatable bonds is 5. The number of fused-ring (bicyclic) bond motifs is 2. The molecule has 1 aromatic heterocycles. The van der Waals surface area contributed by atoms with E-state index in [0.717, 1.165) is 25.0 Å². The monoisotopic (exact) mass is 426 g/mol. The molecule has 3 heterocycles. The quantitative estimate of drug-likeness (QED) is 0.620. The number of aromatic nitrogens is 2. The lowest BCUT2D eigenvalue weighted by Crippen LogP contribution is -2.39. The van der Waals surface area contributed by atoms with E-state index in [9.17, 15) is 8.42 Å². The molecule has 2 aliphatic rings. The molecule has 3 aromatic rings. The van der Waals surface area contributed by atoms with Crippen molar-refractivity contribution in [1.82, 2.24) is 9.97 Å². The van der Waals surface area contributed by atoms with E-state index in [1.807, 2.05) is 29.2 Å². The van der Waals surface area contributed by atoms with E-state index < -0.39 is 10.0 Å². The summed E-state index contributed by atoms with van der Waals surface area (Å²) in [7, 11) is -2.27. The Kier molecular flexibility index (Phi) is 4.71. The van der Waals surface area contributed by atoms with Gasteiger partial charge in [0, 0.05) is 13.2 Å². The van der Waals surface area contributed by atoms with Gasteiger partial charge in [-0.25, -0.2) is 22.7 Å². The van der Waals surface area contributed by atoms with Crippen molar-refractivity contribution < 1.29 is 17.9 Å². The van der Waals surface area contributed by atoms with E-state index in [1.165, 1.54) is 4.31 Å². The summed E-state index contributed by atoms with van der Waals surface area (Å²) < 4.78 is 39.2. The topological polar surface area (TPSA) is 84.9 Å². The Hall–Kier alpha value is -2.91. The summed E-state index contributed by atoms with van der Waals surface area (Å²) in [6.07, 6.45) is 2.04. The number of hydrogen-bond acceptors (Lipinski definition) is 7. The van der Waals surface area contributed by atoms with Crippen molar-refractivity contribution in [2.45, 2.75) is 23.8 Å². The van der Waals surface area contributed by atoms with E-state index in [2.05, 4.69) is 4.98 Å².